The molecule has 1 amide bonds. The normalized spacial score (nSPS) is 12.0. The highest BCUT2D eigenvalue weighted by molar-refractivity contribution is 7.09. The van der Waals surface area contributed by atoms with E-state index in [0.29, 0.717) is 12.4 Å². The highest BCUT2D eigenvalue weighted by Gasteiger charge is 2.24. The number of carboxylic acid groups (broad SMARTS) is 1. The van der Waals surface area contributed by atoms with Crippen molar-refractivity contribution in [2.75, 3.05) is 0 Å². The summed E-state index contributed by atoms with van der Waals surface area (Å²) in [5, 5.41) is 12.9. The van der Waals surface area contributed by atoms with E-state index >= 15 is 0 Å². The predicted octanol–water partition coefficient (Wildman–Crippen LogP) is 3.17. The van der Waals surface area contributed by atoms with Gasteiger partial charge in [0.15, 0.2) is 0 Å². The molecule has 0 bridgehead atoms. The van der Waals surface area contributed by atoms with Gasteiger partial charge in [-0.1, -0.05) is 12.1 Å². The number of amides is 1. The Morgan fingerprint density at radius 1 is 1.25 bits per heavy atom. The van der Waals surface area contributed by atoms with Crippen molar-refractivity contribution >= 4 is 23.2 Å². The third-order valence-electron chi connectivity index (χ3n) is 3.07. The van der Waals surface area contributed by atoms with Gasteiger partial charge in [0, 0.05) is 16.9 Å². The fourth-order valence-electron chi connectivity index (χ4n) is 1.92. The first-order valence-corrected chi connectivity index (χ1v) is 7.90. The van der Waals surface area contributed by atoms with Gasteiger partial charge in [-0.25, -0.2) is 13.6 Å². The molecule has 2 rings (SSSR count). The molecule has 24 heavy (non-hydrogen) atoms. The molecule has 1 aromatic carbocycles. The second-order valence-corrected chi connectivity index (χ2v) is 5.92. The zero-order valence-corrected chi connectivity index (χ0v) is 13.3. The second kappa shape index (κ2) is 8.39. The number of rotatable bonds is 8. The summed E-state index contributed by atoms with van der Waals surface area (Å²) < 4.78 is 30.3. The lowest BCUT2D eigenvalue weighted by Gasteiger charge is -2.14. The van der Waals surface area contributed by atoms with Gasteiger partial charge in [-0.15, -0.1) is 11.3 Å². The van der Waals surface area contributed by atoms with E-state index in [2.05, 4.69) is 5.32 Å². The van der Waals surface area contributed by atoms with Crippen LogP contribution in [-0.2, 0) is 11.4 Å². The number of thiophene rings is 1. The van der Waals surface area contributed by atoms with Crippen LogP contribution in [0.4, 0.5) is 8.78 Å². The molecule has 2 N–H and O–H groups in total. The number of halogens is 2. The van der Waals surface area contributed by atoms with Crippen LogP contribution in [0.5, 0.6) is 5.75 Å². The number of carboxylic acids is 1. The van der Waals surface area contributed by atoms with Crippen molar-refractivity contribution in [1.29, 1.82) is 0 Å². The Labute approximate surface area is 140 Å². The lowest BCUT2D eigenvalue weighted by Crippen LogP contribution is -2.42. The SMILES string of the molecule is O=C(NC(CC(F)F)C(=O)O)c1cccc(OCc2cccs2)c1. The Hall–Kier alpha value is -2.48. The number of ether oxygens (including phenoxy) is 1. The summed E-state index contributed by atoms with van der Waals surface area (Å²) >= 11 is 1.53. The van der Waals surface area contributed by atoms with Crippen molar-refractivity contribution in [1.82, 2.24) is 5.32 Å². The highest BCUT2D eigenvalue weighted by Crippen LogP contribution is 2.17. The van der Waals surface area contributed by atoms with Crippen LogP contribution in [0.1, 0.15) is 21.7 Å². The summed E-state index contributed by atoms with van der Waals surface area (Å²) in [6.07, 6.45) is -3.78. The molecule has 0 aliphatic rings. The molecule has 1 heterocycles. The van der Waals surface area contributed by atoms with E-state index in [1.165, 1.54) is 23.5 Å². The zero-order chi connectivity index (χ0) is 17.5. The molecular formula is C16H15F2NO4S. The fourth-order valence-corrected chi connectivity index (χ4v) is 2.53. The quantitative estimate of drug-likeness (QED) is 0.763. The average molecular weight is 355 g/mol. The van der Waals surface area contributed by atoms with Crippen molar-refractivity contribution in [3.05, 3.63) is 52.2 Å². The molecule has 0 fully saturated rings. The van der Waals surface area contributed by atoms with Gasteiger partial charge in [0.25, 0.3) is 5.91 Å². The Balaban J connectivity index is 2.01. The Kier molecular flexibility index (Phi) is 6.25. The zero-order valence-electron chi connectivity index (χ0n) is 12.4. The lowest BCUT2D eigenvalue weighted by atomic mass is 10.1. The molecule has 2 aromatic rings. The van der Waals surface area contributed by atoms with Crippen LogP contribution >= 0.6 is 11.3 Å². The van der Waals surface area contributed by atoms with Crippen LogP contribution in [0.2, 0.25) is 0 Å². The molecular weight excluding hydrogens is 340 g/mol. The van der Waals surface area contributed by atoms with E-state index in [-0.39, 0.29) is 5.56 Å². The lowest BCUT2D eigenvalue weighted by molar-refractivity contribution is -0.140. The molecule has 0 aliphatic heterocycles. The fraction of sp³-hybridized carbons (Fsp3) is 0.250. The number of hydrogen-bond donors (Lipinski definition) is 2. The minimum atomic E-state index is -2.83. The monoisotopic (exact) mass is 355 g/mol. The van der Waals surface area contributed by atoms with E-state index in [1.807, 2.05) is 17.5 Å². The first kappa shape index (κ1) is 17.9. The summed E-state index contributed by atoms with van der Waals surface area (Å²) in [5.41, 5.74) is 0.138. The van der Waals surface area contributed by atoms with E-state index in [0.717, 1.165) is 4.88 Å². The third-order valence-corrected chi connectivity index (χ3v) is 3.92. The average Bonchev–Trinajstić information content (AvgIpc) is 3.05. The van der Waals surface area contributed by atoms with Gasteiger partial charge >= 0.3 is 5.97 Å². The molecule has 0 saturated heterocycles. The van der Waals surface area contributed by atoms with Gasteiger partial charge in [-0.2, -0.15) is 0 Å². The number of aliphatic carboxylic acids is 1. The Bertz CT molecular complexity index is 691. The summed E-state index contributed by atoms with van der Waals surface area (Å²) in [7, 11) is 0. The van der Waals surface area contributed by atoms with Gasteiger partial charge in [0.05, 0.1) is 0 Å². The van der Waals surface area contributed by atoms with Gasteiger partial charge in [-0.05, 0) is 29.6 Å². The Morgan fingerprint density at radius 3 is 2.67 bits per heavy atom. The molecule has 1 unspecified atom stereocenters. The summed E-state index contributed by atoms with van der Waals surface area (Å²) in [6, 6.07) is 8.26. The molecule has 0 radical (unpaired) electrons. The molecule has 5 nitrogen and oxygen atoms in total. The predicted molar refractivity (Wildman–Crippen MR) is 84.6 cm³/mol. The van der Waals surface area contributed by atoms with Crippen LogP contribution in [0.3, 0.4) is 0 Å². The first-order valence-electron chi connectivity index (χ1n) is 7.03. The summed E-state index contributed by atoms with van der Waals surface area (Å²) in [4.78, 5) is 24.0. The molecule has 1 atom stereocenters. The van der Waals surface area contributed by atoms with Gasteiger partial charge < -0.3 is 15.2 Å². The topological polar surface area (TPSA) is 75.6 Å². The van der Waals surface area contributed by atoms with Gasteiger partial charge in [0.1, 0.15) is 18.4 Å². The number of benzene rings is 1. The molecule has 8 heteroatoms. The van der Waals surface area contributed by atoms with Crippen molar-refractivity contribution in [2.24, 2.45) is 0 Å². The van der Waals surface area contributed by atoms with E-state index < -0.39 is 30.8 Å². The van der Waals surface area contributed by atoms with Crippen molar-refractivity contribution in [2.45, 2.75) is 25.5 Å². The maximum atomic E-state index is 12.4. The minimum Gasteiger partial charge on any atom is -0.488 e. The van der Waals surface area contributed by atoms with Crippen LogP contribution in [0.15, 0.2) is 41.8 Å². The molecule has 0 saturated carbocycles. The van der Waals surface area contributed by atoms with Crippen molar-refractivity contribution in [3.63, 3.8) is 0 Å². The number of carbonyl (C=O) groups is 2. The van der Waals surface area contributed by atoms with Crippen LogP contribution in [-0.4, -0.2) is 29.5 Å². The van der Waals surface area contributed by atoms with E-state index in [9.17, 15) is 18.4 Å². The van der Waals surface area contributed by atoms with Gasteiger partial charge in [-0.3, -0.25) is 4.79 Å². The number of nitrogens with one attached hydrogen (secondary N) is 1. The van der Waals surface area contributed by atoms with E-state index in [4.69, 9.17) is 9.84 Å². The van der Waals surface area contributed by atoms with Crippen LogP contribution < -0.4 is 10.1 Å². The maximum Gasteiger partial charge on any atom is 0.326 e. The van der Waals surface area contributed by atoms with E-state index in [1.54, 1.807) is 12.1 Å². The standard InChI is InChI=1S/C16H15F2NO4S/c17-14(18)8-13(16(21)22)19-15(20)10-3-1-4-11(7-10)23-9-12-5-2-6-24-12/h1-7,13-14H,8-9H2,(H,19,20)(H,21,22). The Morgan fingerprint density at radius 2 is 2.04 bits per heavy atom. The van der Waals surface area contributed by atoms with Crippen LogP contribution in [0.25, 0.3) is 0 Å². The van der Waals surface area contributed by atoms with Gasteiger partial charge in [0.2, 0.25) is 6.43 Å². The molecule has 128 valence electrons. The van der Waals surface area contributed by atoms with Crippen LogP contribution in [0, 0.1) is 0 Å². The summed E-state index contributed by atoms with van der Waals surface area (Å²) in [6.45, 7) is 0.339. The number of alkyl halides is 2. The molecule has 0 aliphatic carbocycles. The minimum absolute atomic E-state index is 0.138. The molecule has 0 spiro atoms. The maximum absolute atomic E-state index is 12.4. The first-order chi connectivity index (χ1) is 11.5. The number of carbonyl (C=O) groups excluding carboxylic acids is 1. The third kappa shape index (κ3) is 5.31. The molecule has 1 aromatic heterocycles. The van der Waals surface area contributed by atoms with Crippen molar-refractivity contribution < 1.29 is 28.2 Å². The smallest absolute Gasteiger partial charge is 0.326 e. The largest absolute Gasteiger partial charge is 0.488 e. The summed E-state index contributed by atoms with van der Waals surface area (Å²) in [5.74, 6) is -1.82. The second-order valence-electron chi connectivity index (χ2n) is 4.89. The highest BCUT2D eigenvalue weighted by atomic mass is 32.1. The number of hydrogen-bond acceptors (Lipinski definition) is 4. The van der Waals surface area contributed by atoms with Crippen molar-refractivity contribution in [3.8, 4) is 5.75 Å².